The van der Waals surface area contributed by atoms with Crippen molar-refractivity contribution in [3.8, 4) is 0 Å². The van der Waals surface area contributed by atoms with Gasteiger partial charge in [0.25, 0.3) is 5.69 Å². The summed E-state index contributed by atoms with van der Waals surface area (Å²) in [6, 6.07) is 6.03. The maximum absolute atomic E-state index is 7.51. The molecule has 0 aliphatic carbocycles. The molecular weight excluding hydrogens is 326 g/mol. The van der Waals surface area contributed by atoms with Crippen molar-refractivity contribution in [3.63, 3.8) is 0 Å². The smallest absolute Gasteiger partial charge is 0.268 e. The molecule has 0 saturated carbocycles. The first-order chi connectivity index (χ1) is 12.4. The summed E-state index contributed by atoms with van der Waals surface area (Å²) in [5.41, 5.74) is 11.1. The largest absolute Gasteiger partial charge is 0.392 e. The van der Waals surface area contributed by atoms with Gasteiger partial charge in [0, 0.05) is 29.4 Å². The molecular formula is C19H23N7. The van der Waals surface area contributed by atoms with E-state index >= 15 is 0 Å². The number of anilines is 2. The Labute approximate surface area is 153 Å². The fraction of sp³-hybridized carbons (Fsp3) is 0.368. The second-order valence-corrected chi connectivity index (χ2v) is 6.48. The molecule has 0 aromatic carbocycles. The van der Waals surface area contributed by atoms with Crippen LogP contribution in [-0.2, 0) is 12.8 Å². The van der Waals surface area contributed by atoms with Crippen LogP contribution in [0.4, 0.5) is 17.3 Å². The summed E-state index contributed by atoms with van der Waals surface area (Å²) in [7, 11) is 0. The molecule has 0 radical (unpaired) electrons. The van der Waals surface area contributed by atoms with E-state index in [4.69, 9.17) is 12.3 Å². The summed E-state index contributed by atoms with van der Waals surface area (Å²) in [5.74, 6) is 0.816. The van der Waals surface area contributed by atoms with E-state index in [-0.39, 0.29) is 6.04 Å². The van der Waals surface area contributed by atoms with Gasteiger partial charge in [-0.15, -0.1) is 0 Å². The highest BCUT2D eigenvalue weighted by Crippen LogP contribution is 2.33. The minimum Gasteiger partial charge on any atom is -0.392 e. The zero-order valence-corrected chi connectivity index (χ0v) is 15.5. The van der Waals surface area contributed by atoms with E-state index in [1.165, 1.54) is 0 Å². The van der Waals surface area contributed by atoms with Crippen LogP contribution in [0.3, 0.4) is 0 Å². The molecule has 3 aromatic rings. The molecule has 3 rings (SSSR count). The quantitative estimate of drug-likeness (QED) is 0.689. The third kappa shape index (κ3) is 3.18. The van der Waals surface area contributed by atoms with E-state index in [1.54, 1.807) is 4.52 Å². The molecule has 26 heavy (non-hydrogen) atoms. The highest BCUT2D eigenvalue weighted by atomic mass is 15.3. The predicted molar refractivity (Wildman–Crippen MR) is 104 cm³/mol. The number of nitrogen functional groups attached to an aromatic ring is 1. The zero-order valence-electron chi connectivity index (χ0n) is 15.5. The van der Waals surface area contributed by atoms with Crippen molar-refractivity contribution in [1.29, 1.82) is 0 Å². The van der Waals surface area contributed by atoms with Gasteiger partial charge < -0.3 is 11.1 Å². The van der Waals surface area contributed by atoms with Gasteiger partial charge >= 0.3 is 0 Å². The summed E-state index contributed by atoms with van der Waals surface area (Å²) < 4.78 is 1.57. The van der Waals surface area contributed by atoms with Crippen LogP contribution < -0.4 is 11.1 Å². The van der Waals surface area contributed by atoms with Crippen molar-refractivity contribution >= 4 is 23.0 Å². The van der Waals surface area contributed by atoms with Crippen molar-refractivity contribution in [2.24, 2.45) is 0 Å². The first kappa shape index (κ1) is 17.7. The Bertz CT molecular complexity index is 997. The average molecular weight is 349 g/mol. The number of nitrogens with zero attached hydrogens (tertiary/aromatic N) is 5. The molecule has 0 saturated heterocycles. The van der Waals surface area contributed by atoms with Crippen LogP contribution in [0.2, 0.25) is 0 Å². The van der Waals surface area contributed by atoms with Crippen LogP contribution in [0, 0.1) is 20.4 Å². The monoisotopic (exact) mass is 349 g/mol. The molecule has 0 aliphatic heterocycles. The first-order valence-electron chi connectivity index (χ1n) is 8.68. The minimum atomic E-state index is 0.0493. The highest BCUT2D eigenvalue weighted by Gasteiger charge is 2.19. The van der Waals surface area contributed by atoms with Crippen molar-refractivity contribution in [1.82, 2.24) is 19.6 Å². The summed E-state index contributed by atoms with van der Waals surface area (Å²) in [6.45, 7) is 15.5. The van der Waals surface area contributed by atoms with E-state index in [2.05, 4.69) is 32.2 Å². The topological polar surface area (TPSA) is 85.5 Å². The van der Waals surface area contributed by atoms with Crippen molar-refractivity contribution in [3.05, 3.63) is 52.3 Å². The average Bonchev–Trinajstić information content (AvgIpc) is 2.90. The molecule has 0 fully saturated rings. The van der Waals surface area contributed by atoms with Crippen LogP contribution in [0.5, 0.6) is 0 Å². The Morgan fingerprint density at radius 2 is 2.08 bits per heavy atom. The number of pyridine rings is 1. The summed E-state index contributed by atoms with van der Waals surface area (Å²) in [5, 5.41) is 7.77. The molecule has 0 spiro atoms. The van der Waals surface area contributed by atoms with E-state index in [1.807, 2.05) is 39.0 Å². The van der Waals surface area contributed by atoms with Gasteiger partial charge in [-0.05, 0) is 39.3 Å². The third-order valence-corrected chi connectivity index (χ3v) is 4.38. The van der Waals surface area contributed by atoms with Crippen LogP contribution in [0.15, 0.2) is 18.2 Å². The van der Waals surface area contributed by atoms with Gasteiger partial charge in [0.1, 0.15) is 11.6 Å². The van der Waals surface area contributed by atoms with Crippen molar-refractivity contribution < 1.29 is 0 Å². The normalized spacial score (nSPS) is 12.1. The Balaban J connectivity index is 1.97. The predicted octanol–water partition coefficient (Wildman–Crippen LogP) is 3.48. The molecule has 1 unspecified atom stereocenters. The molecule has 7 heteroatoms. The Hall–Kier alpha value is -3.14. The lowest BCUT2D eigenvalue weighted by Crippen LogP contribution is -2.20. The Kier molecular flexibility index (Phi) is 4.76. The first-order valence-corrected chi connectivity index (χ1v) is 8.68. The zero-order chi connectivity index (χ0) is 18.8. The van der Waals surface area contributed by atoms with Gasteiger partial charge in [0.2, 0.25) is 0 Å². The van der Waals surface area contributed by atoms with Gasteiger partial charge in [-0.3, -0.25) is 4.98 Å². The van der Waals surface area contributed by atoms with Gasteiger partial charge in [-0.2, -0.15) is 5.10 Å². The Morgan fingerprint density at radius 1 is 1.31 bits per heavy atom. The van der Waals surface area contributed by atoms with E-state index in [0.29, 0.717) is 23.0 Å². The molecule has 1 atom stereocenters. The summed E-state index contributed by atoms with van der Waals surface area (Å²) in [4.78, 5) is 12.8. The van der Waals surface area contributed by atoms with Crippen LogP contribution in [0.25, 0.3) is 10.5 Å². The molecule has 3 N–H and O–H groups in total. The number of nitrogens with two attached hydrogens (primary N) is 1. The second kappa shape index (κ2) is 7.00. The number of rotatable bonds is 5. The number of fused-ring (bicyclic) bond motifs is 1. The fourth-order valence-electron chi connectivity index (χ4n) is 3.15. The lowest BCUT2D eigenvalue weighted by atomic mass is 10.1. The van der Waals surface area contributed by atoms with Gasteiger partial charge in [0.15, 0.2) is 5.65 Å². The van der Waals surface area contributed by atoms with Crippen LogP contribution >= 0.6 is 0 Å². The van der Waals surface area contributed by atoms with Gasteiger partial charge in [-0.1, -0.05) is 13.0 Å². The van der Waals surface area contributed by atoms with Crippen LogP contribution in [0.1, 0.15) is 36.5 Å². The number of aryl methyl sites for hydroxylation is 3. The molecule has 0 aliphatic rings. The van der Waals surface area contributed by atoms with Crippen molar-refractivity contribution in [2.45, 2.75) is 46.6 Å². The number of hydrogen-bond donors (Lipinski definition) is 2. The third-order valence-electron chi connectivity index (χ3n) is 4.38. The molecule has 7 nitrogen and oxygen atoms in total. The number of nitrogens with one attached hydrogen (secondary N) is 1. The molecule has 0 amide bonds. The summed E-state index contributed by atoms with van der Waals surface area (Å²) in [6.07, 6.45) is 1.53. The van der Waals surface area contributed by atoms with Gasteiger partial charge in [0.05, 0.1) is 12.3 Å². The van der Waals surface area contributed by atoms with E-state index in [0.717, 1.165) is 35.5 Å². The van der Waals surface area contributed by atoms with E-state index in [9.17, 15) is 0 Å². The molecule has 3 heterocycles. The fourth-order valence-corrected chi connectivity index (χ4v) is 3.15. The van der Waals surface area contributed by atoms with Gasteiger partial charge in [-0.25, -0.2) is 14.3 Å². The Morgan fingerprint density at radius 3 is 2.73 bits per heavy atom. The molecule has 134 valence electrons. The second-order valence-electron chi connectivity index (χ2n) is 6.48. The standard InChI is InChI=1S/C19H23N7/c1-6-15-13(4)25-26-17(20)16(21-5)18(24-19(15)26)23-12(3)10-14-9-7-8-11(2)22-14/h7-9,12H,6,10,20H2,1-4H3,(H,23,24). The molecule has 3 aromatic heterocycles. The maximum Gasteiger partial charge on any atom is 0.268 e. The van der Waals surface area contributed by atoms with E-state index < -0.39 is 0 Å². The lowest BCUT2D eigenvalue weighted by Gasteiger charge is -2.17. The van der Waals surface area contributed by atoms with Crippen LogP contribution in [-0.4, -0.2) is 25.6 Å². The lowest BCUT2D eigenvalue weighted by molar-refractivity contribution is 0.762. The summed E-state index contributed by atoms with van der Waals surface area (Å²) >= 11 is 0. The number of aromatic nitrogens is 4. The SMILES string of the molecule is [C-]#[N+]c1c(NC(C)Cc2cccc(C)n2)nc2c(CC)c(C)nn2c1N. The minimum absolute atomic E-state index is 0.0493. The van der Waals surface area contributed by atoms with Crippen molar-refractivity contribution in [2.75, 3.05) is 11.1 Å². The maximum atomic E-state index is 7.51. The molecule has 0 bridgehead atoms. The highest BCUT2D eigenvalue weighted by molar-refractivity contribution is 5.80. The number of hydrogen-bond acceptors (Lipinski definition) is 5.